The van der Waals surface area contributed by atoms with Crippen molar-refractivity contribution in [3.63, 3.8) is 0 Å². The fraction of sp³-hybridized carbons (Fsp3) is 0.345. The number of nitrogen functional groups attached to an aromatic ring is 2. The van der Waals surface area contributed by atoms with Gasteiger partial charge in [0.15, 0.2) is 0 Å². The van der Waals surface area contributed by atoms with Crippen LogP contribution < -0.4 is 11.5 Å². The van der Waals surface area contributed by atoms with Gasteiger partial charge in [-0.25, -0.2) is 4.79 Å². The Morgan fingerprint density at radius 3 is 1.26 bits per heavy atom. The van der Waals surface area contributed by atoms with E-state index in [0.717, 1.165) is 12.1 Å². The lowest BCUT2D eigenvalue weighted by molar-refractivity contribution is -0.461. The van der Waals surface area contributed by atoms with Crippen molar-refractivity contribution in [3.05, 3.63) is 72.3 Å². The molecule has 21 heteroatoms. The van der Waals surface area contributed by atoms with Crippen LogP contribution in [-0.4, -0.2) is 60.2 Å². The Balaban J connectivity index is 1.92. The summed E-state index contributed by atoms with van der Waals surface area (Å²) >= 11 is 0. The maximum atomic E-state index is 14.3. The maximum Gasteiger partial charge on any atom is 0.460 e. The third-order valence-corrected chi connectivity index (χ3v) is 7.04. The summed E-state index contributed by atoms with van der Waals surface area (Å²) in [7, 11) is 0. The first kappa shape index (κ1) is 40.0. The van der Waals surface area contributed by atoms with Crippen LogP contribution in [0.25, 0.3) is 22.3 Å². The van der Waals surface area contributed by atoms with Crippen molar-refractivity contribution in [2.45, 2.75) is 54.1 Å². The molecule has 0 unspecified atom stereocenters. The van der Waals surface area contributed by atoms with Crippen LogP contribution in [0.2, 0.25) is 0 Å². The molecule has 3 aromatic rings. The zero-order valence-electron chi connectivity index (χ0n) is 24.2. The first-order valence-electron chi connectivity index (χ1n) is 13.2. The fourth-order valence-corrected chi connectivity index (χ4v) is 4.22. The third kappa shape index (κ3) is 6.57. The van der Waals surface area contributed by atoms with Crippen LogP contribution in [-0.2, 0) is 4.74 Å². The summed E-state index contributed by atoms with van der Waals surface area (Å²) in [5.74, 6) is -58.9. The molecule has 0 radical (unpaired) electrons. The molecule has 0 bridgehead atoms. The number of halogens is 17. The molecule has 4 nitrogen and oxygen atoms in total. The van der Waals surface area contributed by atoms with E-state index in [0.29, 0.717) is 11.1 Å². The molecule has 3 rings (SSSR count). The van der Waals surface area contributed by atoms with E-state index < -0.39 is 72.2 Å². The van der Waals surface area contributed by atoms with Gasteiger partial charge in [-0.2, -0.15) is 74.6 Å². The maximum absolute atomic E-state index is 14.3. The molecule has 4 N–H and O–H groups in total. The average molecular weight is 750 g/mol. The van der Waals surface area contributed by atoms with Gasteiger partial charge in [0.1, 0.15) is 0 Å². The Morgan fingerprint density at radius 1 is 0.500 bits per heavy atom. The number of benzene rings is 3. The van der Waals surface area contributed by atoms with Gasteiger partial charge in [0.25, 0.3) is 0 Å². The van der Waals surface area contributed by atoms with Crippen LogP contribution >= 0.6 is 0 Å². The first-order chi connectivity index (χ1) is 22.5. The summed E-state index contributed by atoms with van der Waals surface area (Å²) in [6.45, 7) is -2.09. The molecule has 0 aromatic heterocycles. The molecule has 0 saturated carbocycles. The number of anilines is 2. The van der Waals surface area contributed by atoms with E-state index in [1.807, 2.05) is 0 Å². The van der Waals surface area contributed by atoms with Gasteiger partial charge in [0.05, 0.1) is 18.6 Å². The lowest BCUT2D eigenvalue weighted by Gasteiger charge is -2.42. The monoisotopic (exact) mass is 750 g/mol. The van der Waals surface area contributed by atoms with Crippen molar-refractivity contribution >= 4 is 17.3 Å². The number of alkyl halides is 17. The fourth-order valence-electron chi connectivity index (χ4n) is 4.22. The van der Waals surface area contributed by atoms with Crippen molar-refractivity contribution < 1.29 is 84.2 Å². The van der Waals surface area contributed by atoms with E-state index in [9.17, 15) is 79.4 Å². The Labute approximate surface area is 268 Å². The highest BCUT2D eigenvalue weighted by Gasteiger charge is 2.95. The van der Waals surface area contributed by atoms with E-state index in [1.165, 1.54) is 54.6 Å². The lowest BCUT2D eigenvalue weighted by atomic mass is 9.88. The Bertz CT molecular complexity index is 1660. The second kappa shape index (κ2) is 12.7. The molecular weight excluding hydrogens is 731 g/mol. The smallest absolute Gasteiger partial charge is 0.460 e. The summed E-state index contributed by atoms with van der Waals surface area (Å²) in [4.78, 5) is 12.7. The zero-order chi connectivity index (χ0) is 38.5. The van der Waals surface area contributed by atoms with E-state index >= 15 is 0 Å². The van der Waals surface area contributed by atoms with Gasteiger partial charge < -0.3 is 16.2 Å². The van der Waals surface area contributed by atoms with Gasteiger partial charge in [0.2, 0.25) is 0 Å². The van der Waals surface area contributed by atoms with Crippen LogP contribution in [0.5, 0.6) is 0 Å². The number of rotatable bonds is 12. The summed E-state index contributed by atoms with van der Waals surface area (Å²) in [5.41, 5.74) is 12.5. The molecule has 3 aromatic carbocycles. The highest BCUT2D eigenvalue weighted by Crippen LogP contribution is 2.64. The van der Waals surface area contributed by atoms with Gasteiger partial charge in [-0.05, 0) is 64.7 Å². The van der Waals surface area contributed by atoms with Gasteiger partial charge in [-0.1, -0.05) is 24.3 Å². The van der Waals surface area contributed by atoms with Crippen LogP contribution in [0.4, 0.5) is 86.0 Å². The molecule has 50 heavy (non-hydrogen) atoms. The van der Waals surface area contributed by atoms with Crippen molar-refractivity contribution in [3.8, 4) is 22.3 Å². The van der Waals surface area contributed by atoms with Crippen molar-refractivity contribution in [1.29, 1.82) is 0 Å². The van der Waals surface area contributed by atoms with E-state index in [4.69, 9.17) is 11.5 Å². The molecule has 0 aliphatic carbocycles. The van der Waals surface area contributed by atoms with Crippen molar-refractivity contribution in [2.24, 2.45) is 0 Å². The molecule has 0 aliphatic rings. The standard InChI is InChI=1S/C29H19F17N2O2/c30-22(31,23(32,33)24(34,35)25(36,37)26(38,39)27(40,41)28(42,43)29(44,45)46)7-8-50-21(49)18-10-16(14-3-1-5-19(47)12-14)9-17(11-18)15-4-2-6-20(48)13-15/h1-6,9-13H,7-8,47-48H2. The predicted molar refractivity (Wildman–Crippen MR) is 142 cm³/mol. The molecule has 0 amide bonds. The third-order valence-electron chi connectivity index (χ3n) is 7.04. The molecule has 0 atom stereocenters. The SMILES string of the molecule is Nc1cccc(-c2cc(C(=O)OCCC(F)(F)C(F)(F)C(F)(F)C(F)(F)C(F)(F)C(F)(F)C(F)(F)C(F)(F)F)cc(-c3cccc(N)c3)c2)c1. The van der Waals surface area contributed by atoms with Gasteiger partial charge in [-0.15, -0.1) is 0 Å². The van der Waals surface area contributed by atoms with Gasteiger partial charge in [-0.3, -0.25) is 0 Å². The minimum atomic E-state index is -8.73. The highest BCUT2D eigenvalue weighted by atomic mass is 19.4. The molecule has 276 valence electrons. The summed E-state index contributed by atoms with van der Waals surface area (Å²) in [6.07, 6.45) is -10.8. The van der Waals surface area contributed by atoms with E-state index in [2.05, 4.69) is 4.74 Å². The number of ether oxygens (including phenoxy) is 1. The first-order valence-corrected chi connectivity index (χ1v) is 13.2. The van der Waals surface area contributed by atoms with Crippen molar-refractivity contribution in [1.82, 2.24) is 0 Å². The summed E-state index contributed by atoms with van der Waals surface area (Å²) in [6, 6.07) is 15.3. The zero-order valence-corrected chi connectivity index (χ0v) is 24.2. The largest absolute Gasteiger partial charge is 0.462 e. The van der Waals surface area contributed by atoms with Gasteiger partial charge >= 0.3 is 53.6 Å². The number of nitrogens with two attached hydrogens (primary N) is 2. The highest BCUT2D eigenvalue weighted by molar-refractivity contribution is 5.93. The minimum Gasteiger partial charge on any atom is -0.462 e. The topological polar surface area (TPSA) is 78.3 Å². The van der Waals surface area contributed by atoms with Crippen LogP contribution in [0, 0.1) is 0 Å². The average Bonchev–Trinajstić information content (AvgIpc) is 2.99. The predicted octanol–water partition coefficient (Wildman–Crippen LogP) is 9.74. The number of esters is 1. The molecule has 0 saturated heterocycles. The Hall–Kier alpha value is -4.46. The van der Waals surface area contributed by atoms with E-state index in [1.54, 1.807) is 0 Å². The second-order valence-corrected chi connectivity index (χ2v) is 10.6. The molecule has 0 fully saturated rings. The molecule has 0 heterocycles. The second-order valence-electron chi connectivity index (χ2n) is 10.6. The van der Waals surface area contributed by atoms with Crippen LogP contribution in [0.1, 0.15) is 16.8 Å². The van der Waals surface area contributed by atoms with Crippen LogP contribution in [0.15, 0.2) is 66.7 Å². The number of carbonyl (C=O) groups is 1. The number of hydrogen-bond donors (Lipinski definition) is 2. The Morgan fingerprint density at radius 2 is 0.880 bits per heavy atom. The normalized spacial score (nSPS) is 14.1. The van der Waals surface area contributed by atoms with E-state index in [-0.39, 0.29) is 22.5 Å². The molecule has 0 spiro atoms. The summed E-state index contributed by atoms with van der Waals surface area (Å²) in [5, 5.41) is 0. The quantitative estimate of drug-likeness (QED) is 0.110. The Kier molecular flexibility index (Phi) is 10.2. The van der Waals surface area contributed by atoms with Crippen LogP contribution in [0.3, 0.4) is 0 Å². The minimum absolute atomic E-state index is 0.191. The number of carbonyl (C=O) groups excluding carboxylic acids is 1. The van der Waals surface area contributed by atoms with Gasteiger partial charge in [0, 0.05) is 11.4 Å². The lowest BCUT2D eigenvalue weighted by Crippen LogP contribution is -2.74. The van der Waals surface area contributed by atoms with Crippen molar-refractivity contribution in [2.75, 3.05) is 18.1 Å². The summed E-state index contributed by atoms with van der Waals surface area (Å²) < 4.78 is 234. The molecule has 0 aliphatic heterocycles. The number of hydrogen-bond acceptors (Lipinski definition) is 4. The molecular formula is C29H19F17N2O2.